The van der Waals surface area contributed by atoms with E-state index in [0.29, 0.717) is 25.7 Å². The standard InChI is InChI=1S/C12H16BrFN2O3/c1-8(2)7-19-4-3-15-11-5-9(13)10(14)6-12(11)16(17)18/h5-6,8,15H,3-4,7H2,1-2H3. The third kappa shape index (κ3) is 5.12. The molecule has 0 aliphatic rings. The highest BCUT2D eigenvalue weighted by atomic mass is 79.9. The molecule has 0 atom stereocenters. The van der Waals surface area contributed by atoms with Crippen LogP contribution in [0.25, 0.3) is 0 Å². The van der Waals surface area contributed by atoms with Crippen LogP contribution in [-0.2, 0) is 4.74 Å². The van der Waals surface area contributed by atoms with Crippen molar-refractivity contribution in [2.45, 2.75) is 13.8 Å². The van der Waals surface area contributed by atoms with Gasteiger partial charge in [0.25, 0.3) is 5.69 Å². The molecule has 0 aromatic heterocycles. The Morgan fingerprint density at radius 1 is 1.53 bits per heavy atom. The van der Waals surface area contributed by atoms with E-state index < -0.39 is 10.7 Å². The first-order valence-corrected chi connectivity index (χ1v) is 6.66. The minimum absolute atomic E-state index is 0.184. The molecule has 1 aromatic carbocycles. The number of halogens is 2. The molecule has 0 spiro atoms. The second-order valence-corrected chi connectivity index (χ2v) is 5.29. The zero-order valence-electron chi connectivity index (χ0n) is 10.8. The number of nitrogens with one attached hydrogen (secondary N) is 1. The number of rotatable bonds is 7. The highest BCUT2D eigenvalue weighted by Crippen LogP contribution is 2.30. The summed E-state index contributed by atoms with van der Waals surface area (Å²) in [7, 11) is 0. The Morgan fingerprint density at radius 2 is 2.21 bits per heavy atom. The monoisotopic (exact) mass is 334 g/mol. The number of anilines is 1. The van der Waals surface area contributed by atoms with Crippen LogP contribution in [0.15, 0.2) is 16.6 Å². The van der Waals surface area contributed by atoms with Crippen molar-refractivity contribution in [2.24, 2.45) is 5.92 Å². The molecular formula is C12H16BrFN2O3. The van der Waals surface area contributed by atoms with E-state index >= 15 is 0 Å². The Bertz CT molecular complexity index is 455. The lowest BCUT2D eigenvalue weighted by atomic mass is 10.2. The molecule has 0 bridgehead atoms. The lowest BCUT2D eigenvalue weighted by Gasteiger charge is -2.10. The van der Waals surface area contributed by atoms with E-state index in [1.54, 1.807) is 0 Å². The molecule has 0 amide bonds. The first-order valence-electron chi connectivity index (χ1n) is 5.87. The molecule has 0 unspecified atom stereocenters. The fourth-order valence-electron chi connectivity index (χ4n) is 1.41. The largest absolute Gasteiger partial charge is 0.379 e. The number of ether oxygens (including phenoxy) is 1. The quantitative estimate of drug-likeness (QED) is 0.470. The minimum atomic E-state index is -0.659. The van der Waals surface area contributed by atoms with Gasteiger partial charge in [0.05, 0.1) is 22.1 Å². The van der Waals surface area contributed by atoms with Gasteiger partial charge in [0.15, 0.2) is 0 Å². The van der Waals surface area contributed by atoms with Gasteiger partial charge in [-0.15, -0.1) is 0 Å². The van der Waals surface area contributed by atoms with Gasteiger partial charge in [0.1, 0.15) is 11.5 Å². The Labute approximate surface area is 119 Å². The summed E-state index contributed by atoms with van der Waals surface area (Å²) in [6.07, 6.45) is 0. The fourth-order valence-corrected chi connectivity index (χ4v) is 1.75. The van der Waals surface area contributed by atoms with Gasteiger partial charge in [-0.05, 0) is 27.9 Å². The zero-order valence-corrected chi connectivity index (χ0v) is 12.4. The highest BCUT2D eigenvalue weighted by molar-refractivity contribution is 9.10. The Kier molecular flexibility index (Phi) is 6.17. The van der Waals surface area contributed by atoms with Crippen molar-refractivity contribution in [3.63, 3.8) is 0 Å². The summed E-state index contributed by atoms with van der Waals surface area (Å²) in [5, 5.41) is 13.7. The Morgan fingerprint density at radius 3 is 2.79 bits per heavy atom. The summed E-state index contributed by atoms with van der Waals surface area (Å²) in [6, 6.07) is 2.25. The van der Waals surface area contributed by atoms with Crippen LogP contribution in [0.2, 0.25) is 0 Å². The van der Waals surface area contributed by atoms with Crippen molar-refractivity contribution in [1.82, 2.24) is 0 Å². The van der Waals surface area contributed by atoms with Crippen LogP contribution in [0.3, 0.4) is 0 Å². The van der Waals surface area contributed by atoms with E-state index in [1.807, 2.05) is 13.8 Å². The first kappa shape index (κ1) is 15.8. The molecule has 1 rings (SSSR count). The van der Waals surface area contributed by atoms with E-state index in [-0.39, 0.29) is 15.8 Å². The molecular weight excluding hydrogens is 319 g/mol. The third-order valence-electron chi connectivity index (χ3n) is 2.25. The van der Waals surface area contributed by atoms with Gasteiger partial charge in [-0.3, -0.25) is 10.1 Å². The average molecular weight is 335 g/mol. The second kappa shape index (κ2) is 7.40. The molecule has 0 aliphatic carbocycles. The SMILES string of the molecule is CC(C)COCCNc1cc(Br)c(F)cc1[N+](=O)[O-]. The van der Waals surface area contributed by atoms with Crippen molar-refractivity contribution in [3.05, 3.63) is 32.5 Å². The molecule has 5 nitrogen and oxygen atoms in total. The van der Waals surface area contributed by atoms with Crippen molar-refractivity contribution in [3.8, 4) is 0 Å². The molecule has 0 saturated heterocycles. The lowest BCUT2D eigenvalue weighted by Crippen LogP contribution is -2.13. The van der Waals surface area contributed by atoms with Gasteiger partial charge in [-0.1, -0.05) is 13.8 Å². The van der Waals surface area contributed by atoms with Crippen molar-refractivity contribution >= 4 is 27.3 Å². The maximum absolute atomic E-state index is 13.2. The van der Waals surface area contributed by atoms with E-state index in [4.69, 9.17) is 4.74 Å². The van der Waals surface area contributed by atoms with Crippen LogP contribution in [0.5, 0.6) is 0 Å². The topological polar surface area (TPSA) is 64.4 Å². The summed E-state index contributed by atoms with van der Waals surface area (Å²) < 4.78 is 18.8. The molecule has 19 heavy (non-hydrogen) atoms. The Balaban J connectivity index is 2.62. The minimum Gasteiger partial charge on any atom is -0.379 e. The van der Waals surface area contributed by atoms with Crippen LogP contribution in [0.1, 0.15) is 13.8 Å². The normalized spacial score (nSPS) is 10.8. The van der Waals surface area contributed by atoms with E-state index in [9.17, 15) is 14.5 Å². The molecule has 0 saturated carbocycles. The summed E-state index contributed by atoms with van der Waals surface area (Å²) in [6.45, 7) is 5.57. The molecule has 0 aliphatic heterocycles. The van der Waals surface area contributed by atoms with Crippen LogP contribution >= 0.6 is 15.9 Å². The maximum atomic E-state index is 13.2. The van der Waals surface area contributed by atoms with Gasteiger partial charge >= 0.3 is 0 Å². The zero-order chi connectivity index (χ0) is 14.4. The smallest absolute Gasteiger partial charge is 0.295 e. The number of nitro benzene ring substituents is 1. The average Bonchev–Trinajstić information content (AvgIpc) is 2.32. The fraction of sp³-hybridized carbons (Fsp3) is 0.500. The molecule has 106 valence electrons. The van der Waals surface area contributed by atoms with E-state index in [0.717, 1.165) is 6.07 Å². The van der Waals surface area contributed by atoms with E-state index in [2.05, 4.69) is 21.2 Å². The molecule has 1 N–H and O–H groups in total. The van der Waals surface area contributed by atoms with Crippen LogP contribution in [0.4, 0.5) is 15.8 Å². The van der Waals surface area contributed by atoms with E-state index in [1.165, 1.54) is 6.07 Å². The highest BCUT2D eigenvalue weighted by Gasteiger charge is 2.17. The van der Waals surface area contributed by atoms with Gasteiger partial charge in [-0.25, -0.2) is 4.39 Å². The van der Waals surface area contributed by atoms with Crippen LogP contribution in [-0.4, -0.2) is 24.7 Å². The van der Waals surface area contributed by atoms with Crippen molar-refractivity contribution < 1.29 is 14.1 Å². The number of nitrogens with zero attached hydrogens (tertiary/aromatic N) is 1. The van der Waals surface area contributed by atoms with Gasteiger partial charge in [-0.2, -0.15) is 0 Å². The van der Waals surface area contributed by atoms with Crippen LogP contribution < -0.4 is 5.32 Å². The summed E-state index contributed by atoms with van der Waals surface area (Å²) >= 11 is 3.00. The number of hydrogen-bond acceptors (Lipinski definition) is 4. The first-order chi connectivity index (χ1) is 8.91. The molecule has 1 aromatic rings. The molecule has 0 fully saturated rings. The lowest BCUT2D eigenvalue weighted by molar-refractivity contribution is -0.384. The Hall–Kier alpha value is -1.21. The molecule has 7 heteroatoms. The third-order valence-corrected chi connectivity index (χ3v) is 2.86. The summed E-state index contributed by atoms with van der Waals surface area (Å²) in [4.78, 5) is 10.2. The van der Waals surface area contributed by atoms with Gasteiger partial charge in [0.2, 0.25) is 0 Å². The molecule has 0 radical (unpaired) electrons. The molecule has 0 heterocycles. The number of nitro groups is 1. The van der Waals surface area contributed by atoms with Crippen LogP contribution in [0, 0.1) is 21.8 Å². The number of benzene rings is 1. The van der Waals surface area contributed by atoms with Gasteiger partial charge < -0.3 is 10.1 Å². The predicted molar refractivity (Wildman–Crippen MR) is 74.9 cm³/mol. The predicted octanol–water partition coefficient (Wildman–Crippen LogP) is 3.58. The summed E-state index contributed by atoms with van der Waals surface area (Å²) in [5.41, 5.74) is -0.0176. The number of hydrogen-bond donors (Lipinski definition) is 1. The van der Waals surface area contributed by atoms with Gasteiger partial charge in [0, 0.05) is 13.2 Å². The maximum Gasteiger partial charge on any atom is 0.295 e. The van der Waals surface area contributed by atoms with Crippen molar-refractivity contribution in [1.29, 1.82) is 0 Å². The van der Waals surface area contributed by atoms with Crippen molar-refractivity contribution in [2.75, 3.05) is 25.1 Å². The summed E-state index contributed by atoms with van der Waals surface area (Å²) in [5.74, 6) is -0.220. The second-order valence-electron chi connectivity index (χ2n) is 4.44.